The molecule has 0 radical (unpaired) electrons. The Morgan fingerprint density at radius 3 is 2.49 bits per heavy atom. The van der Waals surface area contributed by atoms with Crippen molar-refractivity contribution in [3.63, 3.8) is 0 Å². The van der Waals surface area contributed by atoms with Crippen LogP contribution in [0.4, 0.5) is 10.2 Å². The second kappa shape index (κ2) is 12.2. The molecule has 1 atom stereocenters. The number of thioether (sulfide) groups is 1. The first-order valence-electron chi connectivity index (χ1n) is 14.3. The van der Waals surface area contributed by atoms with Crippen LogP contribution < -0.4 is 15.0 Å². The van der Waals surface area contributed by atoms with E-state index in [9.17, 15) is 14.0 Å². The molecule has 5 rings (SSSR count). The van der Waals surface area contributed by atoms with Crippen LogP contribution in [-0.2, 0) is 21.5 Å². The van der Waals surface area contributed by atoms with Crippen molar-refractivity contribution >= 4 is 29.4 Å². The van der Waals surface area contributed by atoms with E-state index in [1.807, 2.05) is 61.0 Å². The Balaban J connectivity index is 1.68. The number of carbonyl (C=O) groups excluding carboxylic acids is 2. The smallest absolute Gasteiger partial charge is 0.240 e. The highest BCUT2D eigenvalue weighted by Crippen LogP contribution is 2.50. The van der Waals surface area contributed by atoms with Gasteiger partial charge in [-0.15, -0.1) is 11.8 Å². The standard InChI is InChI=1S/C34H37FN4O3S/c1-21-10-9-12-26(22(21)2)39-33-30(32(37-39)34(3,4)5)31(25-11-7-8-13-27(25)42-6)43-20-29(41)38(33)19-28(40)36-18-23-14-16-24(35)17-15-23/h7-17,31H,18-20H2,1-6H3,(H,36,40). The van der Waals surface area contributed by atoms with E-state index in [4.69, 9.17) is 9.84 Å². The van der Waals surface area contributed by atoms with E-state index < -0.39 is 0 Å². The Hall–Kier alpha value is -4.11. The molecule has 1 N–H and O–H groups in total. The molecular weight excluding hydrogens is 563 g/mol. The molecule has 7 nitrogen and oxygen atoms in total. The summed E-state index contributed by atoms with van der Waals surface area (Å²) in [5.41, 5.74) is 6.04. The number of aryl methyl sites for hydroxylation is 1. The van der Waals surface area contributed by atoms with Gasteiger partial charge in [-0.1, -0.05) is 63.2 Å². The van der Waals surface area contributed by atoms with Crippen molar-refractivity contribution in [1.29, 1.82) is 0 Å². The maximum absolute atomic E-state index is 14.0. The van der Waals surface area contributed by atoms with E-state index in [0.29, 0.717) is 5.82 Å². The summed E-state index contributed by atoms with van der Waals surface area (Å²) in [4.78, 5) is 28.9. The second-order valence-electron chi connectivity index (χ2n) is 11.8. The average Bonchev–Trinajstić information content (AvgIpc) is 3.31. The predicted octanol–water partition coefficient (Wildman–Crippen LogP) is 6.42. The van der Waals surface area contributed by atoms with Crippen LogP contribution in [0.25, 0.3) is 5.69 Å². The number of anilines is 1. The Morgan fingerprint density at radius 1 is 1.07 bits per heavy atom. The van der Waals surface area contributed by atoms with Crippen molar-refractivity contribution in [3.8, 4) is 11.4 Å². The molecule has 0 saturated heterocycles. The number of rotatable bonds is 7. The molecule has 0 spiro atoms. The summed E-state index contributed by atoms with van der Waals surface area (Å²) in [5, 5.41) is 7.84. The predicted molar refractivity (Wildman–Crippen MR) is 170 cm³/mol. The fraction of sp³-hybridized carbons (Fsp3) is 0.324. The zero-order valence-corrected chi connectivity index (χ0v) is 26.2. The number of halogens is 1. The summed E-state index contributed by atoms with van der Waals surface area (Å²) in [7, 11) is 1.65. The highest BCUT2D eigenvalue weighted by atomic mass is 32.2. The Labute approximate surface area is 256 Å². The number of benzene rings is 3. The molecule has 1 aromatic heterocycles. The van der Waals surface area contributed by atoms with Gasteiger partial charge < -0.3 is 10.1 Å². The molecule has 3 aromatic carbocycles. The van der Waals surface area contributed by atoms with E-state index in [-0.39, 0.29) is 47.1 Å². The minimum Gasteiger partial charge on any atom is -0.496 e. The molecule has 9 heteroatoms. The lowest BCUT2D eigenvalue weighted by atomic mass is 9.87. The molecule has 0 saturated carbocycles. The normalized spacial score (nSPS) is 15.2. The van der Waals surface area contributed by atoms with Crippen molar-refractivity contribution in [2.24, 2.45) is 0 Å². The first kappa shape index (κ1) is 30.4. The largest absolute Gasteiger partial charge is 0.496 e. The Kier molecular flexibility index (Phi) is 8.64. The molecule has 0 fully saturated rings. The Bertz CT molecular complexity index is 1660. The third kappa shape index (κ3) is 6.18. The van der Waals surface area contributed by atoms with Gasteiger partial charge in [0.05, 0.1) is 29.5 Å². The molecule has 43 heavy (non-hydrogen) atoms. The summed E-state index contributed by atoms with van der Waals surface area (Å²) in [5.74, 6) is 0.626. The van der Waals surface area contributed by atoms with Crippen LogP contribution in [-0.4, -0.2) is 41.0 Å². The van der Waals surface area contributed by atoms with E-state index in [2.05, 4.69) is 26.1 Å². The molecule has 1 unspecified atom stereocenters. The van der Waals surface area contributed by atoms with Crippen LogP contribution >= 0.6 is 11.8 Å². The van der Waals surface area contributed by atoms with Gasteiger partial charge in [-0.3, -0.25) is 14.5 Å². The number of nitrogens with one attached hydrogen (secondary N) is 1. The number of fused-ring (bicyclic) bond motifs is 1. The fourth-order valence-corrected chi connectivity index (χ4v) is 6.56. The molecule has 4 aromatic rings. The number of para-hydroxylation sites is 1. The number of hydrogen-bond acceptors (Lipinski definition) is 5. The first-order chi connectivity index (χ1) is 20.5. The lowest BCUT2D eigenvalue weighted by Crippen LogP contribution is -2.42. The van der Waals surface area contributed by atoms with Crippen LogP contribution in [0.5, 0.6) is 5.75 Å². The van der Waals surface area contributed by atoms with E-state index in [0.717, 1.165) is 44.9 Å². The van der Waals surface area contributed by atoms with Gasteiger partial charge in [0.15, 0.2) is 0 Å². The monoisotopic (exact) mass is 600 g/mol. The van der Waals surface area contributed by atoms with Gasteiger partial charge in [0, 0.05) is 23.1 Å². The molecule has 1 aliphatic heterocycles. The van der Waals surface area contributed by atoms with Crippen LogP contribution in [0.2, 0.25) is 0 Å². The number of methoxy groups -OCH3 is 1. The molecule has 1 aliphatic rings. The van der Waals surface area contributed by atoms with E-state index >= 15 is 0 Å². The number of amides is 2. The summed E-state index contributed by atoms with van der Waals surface area (Å²) in [6.07, 6.45) is 0. The molecule has 2 amide bonds. The minimum absolute atomic E-state index is 0.166. The quantitative estimate of drug-likeness (QED) is 0.265. The first-order valence-corrected chi connectivity index (χ1v) is 15.3. The zero-order valence-electron chi connectivity index (χ0n) is 25.4. The maximum atomic E-state index is 14.0. The van der Waals surface area contributed by atoms with Crippen molar-refractivity contribution in [3.05, 3.63) is 106 Å². The van der Waals surface area contributed by atoms with Gasteiger partial charge in [-0.25, -0.2) is 9.07 Å². The van der Waals surface area contributed by atoms with Crippen molar-refractivity contribution in [1.82, 2.24) is 15.1 Å². The Morgan fingerprint density at radius 2 is 1.79 bits per heavy atom. The highest BCUT2D eigenvalue weighted by Gasteiger charge is 2.40. The number of carbonyl (C=O) groups is 2. The summed E-state index contributed by atoms with van der Waals surface area (Å²) < 4.78 is 21.0. The number of nitrogens with zero attached hydrogens (tertiary/aromatic N) is 3. The summed E-state index contributed by atoms with van der Waals surface area (Å²) >= 11 is 1.51. The SMILES string of the molecule is COc1ccccc1C1SCC(=O)N(CC(=O)NCc2ccc(F)cc2)c2c1c(C(C)(C)C)nn2-c1cccc(C)c1C. The zero-order chi connectivity index (χ0) is 30.9. The van der Waals surface area contributed by atoms with Gasteiger partial charge >= 0.3 is 0 Å². The summed E-state index contributed by atoms with van der Waals surface area (Å²) in [6.45, 7) is 10.5. The van der Waals surface area contributed by atoms with E-state index in [1.54, 1.807) is 24.1 Å². The van der Waals surface area contributed by atoms with Gasteiger partial charge in [0.25, 0.3) is 0 Å². The summed E-state index contributed by atoms with van der Waals surface area (Å²) in [6, 6.07) is 19.8. The third-order valence-electron chi connectivity index (χ3n) is 7.73. The lowest BCUT2D eigenvalue weighted by molar-refractivity contribution is -0.123. The van der Waals surface area contributed by atoms with Crippen LogP contribution in [0.3, 0.4) is 0 Å². The maximum Gasteiger partial charge on any atom is 0.240 e. The third-order valence-corrected chi connectivity index (χ3v) is 8.97. The second-order valence-corrected chi connectivity index (χ2v) is 12.9. The van der Waals surface area contributed by atoms with Gasteiger partial charge in [-0.05, 0) is 54.8 Å². The van der Waals surface area contributed by atoms with Gasteiger partial charge in [0.1, 0.15) is 23.9 Å². The fourth-order valence-electron chi connectivity index (χ4n) is 5.34. The van der Waals surface area contributed by atoms with Crippen molar-refractivity contribution in [2.75, 3.05) is 24.3 Å². The topological polar surface area (TPSA) is 76.5 Å². The number of hydrogen-bond donors (Lipinski definition) is 1. The molecular formula is C34H37FN4O3S. The minimum atomic E-state index is -0.377. The lowest BCUT2D eigenvalue weighted by Gasteiger charge is -2.25. The average molecular weight is 601 g/mol. The number of aromatic nitrogens is 2. The molecule has 0 aliphatic carbocycles. The van der Waals surface area contributed by atoms with Crippen LogP contribution in [0, 0.1) is 19.7 Å². The number of ether oxygens (including phenoxy) is 1. The molecule has 0 bridgehead atoms. The van der Waals surface area contributed by atoms with Gasteiger partial charge in [0.2, 0.25) is 11.8 Å². The van der Waals surface area contributed by atoms with Crippen LogP contribution in [0.1, 0.15) is 59.5 Å². The van der Waals surface area contributed by atoms with Crippen LogP contribution in [0.15, 0.2) is 66.7 Å². The van der Waals surface area contributed by atoms with Crippen molar-refractivity contribution in [2.45, 2.75) is 51.8 Å². The van der Waals surface area contributed by atoms with Gasteiger partial charge in [-0.2, -0.15) is 5.10 Å². The van der Waals surface area contributed by atoms with E-state index in [1.165, 1.54) is 23.9 Å². The van der Waals surface area contributed by atoms with Crippen molar-refractivity contribution < 1.29 is 18.7 Å². The molecule has 224 valence electrons. The highest BCUT2D eigenvalue weighted by molar-refractivity contribution is 8.00. The molecule has 2 heterocycles.